The summed E-state index contributed by atoms with van der Waals surface area (Å²) in [6.07, 6.45) is 4.83. The largest absolute Gasteiger partial charge is 0.350 e. The van der Waals surface area contributed by atoms with E-state index in [9.17, 15) is 4.79 Å². The molecule has 1 amide bonds. The molecule has 1 fully saturated rings. The average molecular weight is 334 g/mol. The Morgan fingerprint density at radius 3 is 2.84 bits per heavy atom. The highest BCUT2D eigenvalue weighted by molar-refractivity contribution is 5.89. The SMILES string of the molecule is Cc1ccc2nc(CNC(=O)C3(c4ccccc4)CCNC3)cn2c1. The third-order valence-electron chi connectivity index (χ3n) is 5.00. The molecule has 1 aliphatic rings. The van der Waals surface area contributed by atoms with E-state index in [-0.39, 0.29) is 5.91 Å². The Morgan fingerprint density at radius 2 is 2.08 bits per heavy atom. The van der Waals surface area contributed by atoms with Crippen molar-refractivity contribution in [1.82, 2.24) is 20.0 Å². The highest BCUT2D eigenvalue weighted by atomic mass is 16.2. The summed E-state index contributed by atoms with van der Waals surface area (Å²) in [6.45, 7) is 4.02. The molecule has 5 nitrogen and oxygen atoms in total. The average Bonchev–Trinajstić information content (AvgIpc) is 3.27. The molecule has 4 rings (SSSR count). The molecule has 0 saturated carbocycles. The second-order valence-electron chi connectivity index (χ2n) is 6.76. The first-order valence-electron chi connectivity index (χ1n) is 8.66. The molecule has 2 N–H and O–H groups in total. The van der Waals surface area contributed by atoms with Gasteiger partial charge in [0.1, 0.15) is 5.65 Å². The molecule has 5 heteroatoms. The zero-order valence-electron chi connectivity index (χ0n) is 14.3. The van der Waals surface area contributed by atoms with Gasteiger partial charge in [0.25, 0.3) is 0 Å². The van der Waals surface area contributed by atoms with Crippen molar-refractivity contribution in [2.75, 3.05) is 13.1 Å². The van der Waals surface area contributed by atoms with Crippen LogP contribution in [0, 0.1) is 6.92 Å². The number of aromatic nitrogens is 2. The Bertz CT molecular complexity index is 894. The molecular weight excluding hydrogens is 312 g/mol. The minimum atomic E-state index is -0.489. The number of carbonyl (C=O) groups is 1. The Morgan fingerprint density at radius 1 is 1.24 bits per heavy atom. The fourth-order valence-electron chi connectivity index (χ4n) is 3.60. The van der Waals surface area contributed by atoms with E-state index in [4.69, 9.17) is 0 Å². The van der Waals surface area contributed by atoms with Crippen LogP contribution in [0.15, 0.2) is 54.9 Å². The fourth-order valence-corrected chi connectivity index (χ4v) is 3.60. The van der Waals surface area contributed by atoms with Crippen LogP contribution in [0.3, 0.4) is 0 Å². The van der Waals surface area contributed by atoms with E-state index < -0.39 is 5.41 Å². The molecule has 128 valence electrons. The van der Waals surface area contributed by atoms with Crippen molar-refractivity contribution in [3.05, 3.63) is 71.7 Å². The van der Waals surface area contributed by atoms with Gasteiger partial charge in [0.05, 0.1) is 17.7 Å². The maximum Gasteiger partial charge on any atom is 0.232 e. The monoisotopic (exact) mass is 334 g/mol. The number of amides is 1. The van der Waals surface area contributed by atoms with Gasteiger partial charge < -0.3 is 15.0 Å². The summed E-state index contributed by atoms with van der Waals surface area (Å²) in [5.74, 6) is 0.0666. The highest BCUT2D eigenvalue weighted by Gasteiger charge is 2.42. The molecule has 1 aromatic carbocycles. The number of hydrogen-bond donors (Lipinski definition) is 2. The zero-order valence-corrected chi connectivity index (χ0v) is 14.3. The molecule has 3 aromatic rings. The molecule has 1 unspecified atom stereocenters. The maximum atomic E-state index is 13.0. The molecular formula is C20H22N4O. The van der Waals surface area contributed by atoms with E-state index in [0.717, 1.165) is 29.9 Å². The van der Waals surface area contributed by atoms with E-state index in [1.165, 1.54) is 5.56 Å². The summed E-state index contributed by atoms with van der Waals surface area (Å²) < 4.78 is 2.00. The van der Waals surface area contributed by atoms with E-state index in [2.05, 4.69) is 22.5 Å². The first-order valence-corrected chi connectivity index (χ1v) is 8.66. The van der Waals surface area contributed by atoms with Gasteiger partial charge in [0.15, 0.2) is 0 Å². The summed E-state index contributed by atoms with van der Waals surface area (Å²) in [7, 11) is 0. The van der Waals surface area contributed by atoms with E-state index in [1.807, 2.05) is 59.3 Å². The Balaban J connectivity index is 1.53. The predicted octanol–water partition coefficient (Wildman–Crippen LogP) is 2.19. The van der Waals surface area contributed by atoms with Crippen molar-refractivity contribution in [2.45, 2.75) is 25.3 Å². The van der Waals surface area contributed by atoms with Crippen molar-refractivity contribution in [3.63, 3.8) is 0 Å². The molecule has 25 heavy (non-hydrogen) atoms. The van der Waals surface area contributed by atoms with Crippen LogP contribution in [0.5, 0.6) is 0 Å². The molecule has 0 aliphatic carbocycles. The second-order valence-corrected chi connectivity index (χ2v) is 6.76. The first kappa shape index (κ1) is 15.8. The lowest BCUT2D eigenvalue weighted by atomic mass is 9.79. The standard InChI is InChI=1S/C20H22N4O/c1-15-7-8-18-23-17(13-24(18)12-15)11-22-19(25)20(9-10-21-14-20)16-5-3-2-4-6-16/h2-8,12-13,21H,9-11,14H2,1H3,(H,22,25). The predicted molar refractivity (Wildman–Crippen MR) is 97.4 cm³/mol. The van der Waals surface area contributed by atoms with Gasteiger partial charge in [-0.3, -0.25) is 4.79 Å². The van der Waals surface area contributed by atoms with Crippen LogP contribution in [0.4, 0.5) is 0 Å². The van der Waals surface area contributed by atoms with Gasteiger partial charge in [-0.1, -0.05) is 36.4 Å². The summed E-state index contributed by atoms with van der Waals surface area (Å²) in [5.41, 5.74) is 3.53. The van der Waals surface area contributed by atoms with Crippen molar-refractivity contribution in [3.8, 4) is 0 Å². The number of carbonyl (C=O) groups excluding carboxylic acids is 1. The van der Waals surface area contributed by atoms with Crippen LogP contribution in [0.1, 0.15) is 23.2 Å². The molecule has 2 aromatic heterocycles. The number of nitrogens with zero attached hydrogens (tertiary/aromatic N) is 2. The molecule has 1 atom stereocenters. The van der Waals surface area contributed by atoms with Crippen LogP contribution in [0.25, 0.3) is 5.65 Å². The molecule has 0 bridgehead atoms. The normalized spacial score (nSPS) is 20.0. The smallest absolute Gasteiger partial charge is 0.232 e. The summed E-state index contributed by atoms with van der Waals surface area (Å²) in [5, 5.41) is 6.44. The maximum absolute atomic E-state index is 13.0. The quantitative estimate of drug-likeness (QED) is 0.769. The number of benzene rings is 1. The Hall–Kier alpha value is -2.66. The number of imidazole rings is 1. The molecule has 1 aliphatic heterocycles. The number of hydrogen-bond acceptors (Lipinski definition) is 3. The van der Waals surface area contributed by atoms with Crippen LogP contribution in [-0.2, 0) is 16.8 Å². The minimum Gasteiger partial charge on any atom is -0.350 e. The summed E-state index contributed by atoms with van der Waals surface area (Å²) in [6, 6.07) is 14.1. The Labute approximate surface area is 147 Å². The summed E-state index contributed by atoms with van der Waals surface area (Å²) in [4.78, 5) is 17.6. The molecule has 0 radical (unpaired) electrons. The highest BCUT2D eigenvalue weighted by Crippen LogP contribution is 2.31. The van der Waals surface area contributed by atoms with Gasteiger partial charge in [-0.25, -0.2) is 4.98 Å². The van der Waals surface area contributed by atoms with Gasteiger partial charge in [0, 0.05) is 18.9 Å². The molecule has 1 saturated heterocycles. The van der Waals surface area contributed by atoms with Crippen molar-refractivity contribution >= 4 is 11.6 Å². The van der Waals surface area contributed by atoms with Gasteiger partial charge >= 0.3 is 0 Å². The van der Waals surface area contributed by atoms with Gasteiger partial charge in [-0.15, -0.1) is 0 Å². The number of pyridine rings is 1. The van der Waals surface area contributed by atoms with Gasteiger partial charge in [-0.2, -0.15) is 0 Å². The molecule has 3 heterocycles. The molecule has 0 spiro atoms. The lowest BCUT2D eigenvalue weighted by Gasteiger charge is -2.27. The minimum absolute atomic E-state index is 0.0666. The second kappa shape index (κ2) is 6.33. The third kappa shape index (κ3) is 2.91. The van der Waals surface area contributed by atoms with Gasteiger partial charge in [0.2, 0.25) is 5.91 Å². The Kier molecular flexibility index (Phi) is 4.01. The van der Waals surface area contributed by atoms with Crippen LogP contribution < -0.4 is 10.6 Å². The van der Waals surface area contributed by atoms with Gasteiger partial charge in [-0.05, 0) is 37.1 Å². The van der Waals surface area contributed by atoms with Crippen molar-refractivity contribution in [2.24, 2.45) is 0 Å². The number of nitrogens with one attached hydrogen (secondary N) is 2. The zero-order chi connectivity index (χ0) is 17.3. The first-order chi connectivity index (χ1) is 12.2. The van der Waals surface area contributed by atoms with E-state index in [0.29, 0.717) is 13.1 Å². The number of aryl methyl sites for hydroxylation is 1. The van der Waals surface area contributed by atoms with Crippen LogP contribution in [-0.4, -0.2) is 28.4 Å². The third-order valence-corrected chi connectivity index (χ3v) is 5.00. The number of rotatable bonds is 4. The van der Waals surface area contributed by atoms with Crippen LogP contribution >= 0.6 is 0 Å². The lowest BCUT2D eigenvalue weighted by molar-refractivity contribution is -0.126. The fraction of sp³-hybridized carbons (Fsp3) is 0.300. The van der Waals surface area contributed by atoms with E-state index in [1.54, 1.807) is 0 Å². The lowest BCUT2D eigenvalue weighted by Crippen LogP contribution is -2.45. The summed E-state index contributed by atoms with van der Waals surface area (Å²) >= 11 is 0. The topological polar surface area (TPSA) is 58.4 Å². The van der Waals surface area contributed by atoms with Crippen molar-refractivity contribution in [1.29, 1.82) is 0 Å². The van der Waals surface area contributed by atoms with Crippen LogP contribution in [0.2, 0.25) is 0 Å². The van der Waals surface area contributed by atoms with E-state index >= 15 is 0 Å². The number of fused-ring (bicyclic) bond motifs is 1. The van der Waals surface area contributed by atoms with Crippen molar-refractivity contribution < 1.29 is 4.79 Å².